The number of hydrogen-bond donors (Lipinski definition) is 1. The molecular formula is C17H14FNO3S3. The van der Waals surface area contributed by atoms with Gasteiger partial charge in [0.1, 0.15) is 5.82 Å². The molecule has 0 aliphatic heterocycles. The Kier molecular flexibility index (Phi) is 5.43. The fraction of sp³-hybridized carbons (Fsp3) is 0.118. The van der Waals surface area contributed by atoms with E-state index < -0.39 is 15.8 Å². The van der Waals surface area contributed by atoms with Crippen LogP contribution in [0.25, 0.3) is 0 Å². The lowest BCUT2D eigenvalue weighted by atomic mass is 10.2. The molecule has 2 aromatic heterocycles. The Morgan fingerprint density at radius 1 is 1.04 bits per heavy atom. The average Bonchev–Trinajstić information content (AvgIpc) is 3.26. The molecule has 1 N–H and O–H groups in total. The standard InChI is InChI=1S/C17H14FNO3S3/c18-13-5-3-12(4-6-13)11-25(21,22)19-10-14-7-8-16(24-14)17(20)15-2-1-9-23-15/h1-9,19H,10-11H2. The maximum atomic E-state index is 12.9. The van der Waals surface area contributed by atoms with E-state index in [2.05, 4.69) is 4.72 Å². The lowest BCUT2D eigenvalue weighted by molar-refractivity contribution is 0.104. The highest BCUT2D eigenvalue weighted by molar-refractivity contribution is 7.88. The quantitative estimate of drug-likeness (QED) is 0.619. The second-order valence-electron chi connectivity index (χ2n) is 5.28. The highest BCUT2D eigenvalue weighted by Gasteiger charge is 2.15. The maximum absolute atomic E-state index is 12.9. The van der Waals surface area contributed by atoms with E-state index in [1.54, 1.807) is 18.2 Å². The monoisotopic (exact) mass is 395 g/mol. The highest BCUT2D eigenvalue weighted by Crippen LogP contribution is 2.22. The first-order valence-electron chi connectivity index (χ1n) is 7.32. The fourth-order valence-corrected chi connectivity index (χ4v) is 5.00. The molecule has 3 rings (SSSR count). The van der Waals surface area contributed by atoms with Crippen LogP contribution in [0, 0.1) is 5.82 Å². The number of rotatable bonds is 7. The second kappa shape index (κ2) is 7.57. The van der Waals surface area contributed by atoms with E-state index in [1.165, 1.54) is 46.9 Å². The first-order valence-corrected chi connectivity index (χ1v) is 10.7. The van der Waals surface area contributed by atoms with Crippen molar-refractivity contribution in [2.75, 3.05) is 0 Å². The third-order valence-corrected chi connectivity index (χ3v) is 6.62. The first-order chi connectivity index (χ1) is 11.9. The van der Waals surface area contributed by atoms with Crippen LogP contribution in [0.5, 0.6) is 0 Å². The van der Waals surface area contributed by atoms with Crippen molar-refractivity contribution in [3.05, 3.63) is 79.9 Å². The molecular weight excluding hydrogens is 381 g/mol. The number of ketones is 1. The van der Waals surface area contributed by atoms with Gasteiger partial charge >= 0.3 is 0 Å². The summed E-state index contributed by atoms with van der Waals surface area (Å²) in [4.78, 5) is 14.2. The van der Waals surface area contributed by atoms with Crippen LogP contribution in [0.4, 0.5) is 4.39 Å². The molecule has 0 aliphatic rings. The largest absolute Gasteiger partial charge is 0.287 e. The molecule has 8 heteroatoms. The molecule has 0 saturated heterocycles. The molecule has 0 aliphatic carbocycles. The molecule has 130 valence electrons. The van der Waals surface area contributed by atoms with Crippen molar-refractivity contribution < 1.29 is 17.6 Å². The van der Waals surface area contributed by atoms with Gasteiger partial charge in [0.2, 0.25) is 15.8 Å². The lowest BCUT2D eigenvalue weighted by Gasteiger charge is -2.05. The highest BCUT2D eigenvalue weighted by atomic mass is 32.2. The van der Waals surface area contributed by atoms with Crippen LogP contribution in [0.15, 0.2) is 53.9 Å². The second-order valence-corrected chi connectivity index (χ2v) is 9.20. The molecule has 1 aromatic carbocycles. The predicted octanol–water partition coefficient (Wildman–Crippen LogP) is 3.80. The van der Waals surface area contributed by atoms with Gasteiger partial charge in [-0.1, -0.05) is 18.2 Å². The summed E-state index contributed by atoms with van der Waals surface area (Å²) in [6, 6.07) is 12.4. The Bertz CT molecular complexity index is 961. The van der Waals surface area contributed by atoms with E-state index in [1.807, 2.05) is 11.4 Å². The smallest absolute Gasteiger partial charge is 0.216 e. The van der Waals surface area contributed by atoms with Gasteiger partial charge in [0.15, 0.2) is 0 Å². The van der Waals surface area contributed by atoms with Crippen molar-refractivity contribution in [2.45, 2.75) is 12.3 Å². The fourth-order valence-electron chi connectivity index (χ4n) is 2.16. The molecule has 3 aromatic rings. The summed E-state index contributed by atoms with van der Waals surface area (Å²) in [5.41, 5.74) is 0.508. The van der Waals surface area contributed by atoms with E-state index in [4.69, 9.17) is 0 Å². The van der Waals surface area contributed by atoms with Crippen molar-refractivity contribution in [1.29, 1.82) is 0 Å². The Morgan fingerprint density at radius 2 is 1.80 bits per heavy atom. The van der Waals surface area contributed by atoms with E-state index in [-0.39, 0.29) is 18.1 Å². The minimum Gasteiger partial charge on any atom is -0.287 e. The molecule has 0 unspecified atom stereocenters. The third-order valence-electron chi connectivity index (χ3n) is 3.37. The van der Waals surface area contributed by atoms with Crippen LogP contribution < -0.4 is 4.72 Å². The maximum Gasteiger partial charge on any atom is 0.216 e. The van der Waals surface area contributed by atoms with Crippen LogP contribution >= 0.6 is 22.7 Å². The molecule has 0 saturated carbocycles. The van der Waals surface area contributed by atoms with Crippen molar-refractivity contribution in [3.8, 4) is 0 Å². The number of thiophene rings is 2. The molecule has 25 heavy (non-hydrogen) atoms. The average molecular weight is 396 g/mol. The number of sulfonamides is 1. The number of benzene rings is 1. The SMILES string of the molecule is O=C(c1cccs1)c1ccc(CNS(=O)(=O)Cc2ccc(F)cc2)s1. The van der Waals surface area contributed by atoms with Crippen LogP contribution in [-0.2, 0) is 22.3 Å². The number of nitrogens with one attached hydrogen (secondary N) is 1. The van der Waals surface area contributed by atoms with Crippen molar-refractivity contribution in [3.63, 3.8) is 0 Å². The van der Waals surface area contributed by atoms with E-state index in [9.17, 15) is 17.6 Å². The molecule has 0 amide bonds. The first kappa shape index (κ1) is 17.9. The third kappa shape index (κ3) is 4.82. The number of hydrogen-bond acceptors (Lipinski definition) is 5. The van der Waals surface area contributed by atoms with Gasteiger partial charge in [0.25, 0.3) is 0 Å². The minimum absolute atomic E-state index is 0.0552. The summed E-state index contributed by atoms with van der Waals surface area (Å²) in [5.74, 6) is -0.685. The molecule has 0 radical (unpaired) electrons. The van der Waals surface area contributed by atoms with Crippen LogP contribution in [0.1, 0.15) is 25.0 Å². The van der Waals surface area contributed by atoms with Gasteiger partial charge in [-0.15, -0.1) is 22.7 Å². The van der Waals surface area contributed by atoms with Crippen LogP contribution in [-0.4, -0.2) is 14.2 Å². The van der Waals surface area contributed by atoms with Gasteiger partial charge in [-0.2, -0.15) is 0 Å². The molecule has 4 nitrogen and oxygen atoms in total. The topological polar surface area (TPSA) is 63.2 Å². The van der Waals surface area contributed by atoms with E-state index >= 15 is 0 Å². The summed E-state index contributed by atoms with van der Waals surface area (Å²) >= 11 is 2.64. The van der Waals surface area contributed by atoms with E-state index in [0.717, 1.165) is 4.88 Å². The zero-order chi connectivity index (χ0) is 17.9. The Morgan fingerprint density at radius 3 is 2.48 bits per heavy atom. The van der Waals surface area contributed by atoms with Gasteiger partial charge in [0.05, 0.1) is 15.5 Å². The molecule has 2 heterocycles. The zero-order valence-electron chi connectivity index (χ0n) is 12.9. The van der Waals surface area contributed by atoms with Gasteiger partial charge in [-0.05, 0) is 41.3 Å². The normalized spacial score (nSPS) is 11.6. The summed E-state index contributed by atoms with van der Waals surface area (Å²) in [7, 11) is -3.55. The van der Waals surface area contributed by atoms with Crippen molar-refractivity contribution >= 4 is 38.5 Å². The van der Waals surface area contributed by atoms with Crippen LogP contribution in [0.2, 0.25) is 0 Å². The minimum atomic E-state index is -3.55. The summed E-state index contributed by atoms with van der Waals surface area (Å²) < 4.78 is 39.6. The summed E-state index contributed by atoms with van der Waals surface area (Å²) in [5, 5.41) is 1.84. The van der Waals surface area contributed by atoms with E-state index in [0.29, 0.717) is 15.3 Å². The zero-order valence-corrected chi connectivity index (χ0v) is 15.4. The molecule has 0 fully saturated rings. The molecule has 0 bridgehead atoms. The Hall–Kier alpha value is -1.87. The Balaban J connectivity index is 1.61. The summed E-state index contributed by atoms with van der Waals surface area (Å²) in [6.07, 6.45) is 0. The van der Waals surface area contributed by atoms with Crippen LogP contribution in [0.3, 0.4) is 0 Å². The van der Waals surface area contributed by atoms with Gasteiger partial charge in [0, 0.05) is 11.4 Å². The van der Waals surface area contributed by atoms with Crippen molar-refractivity contribution in [1.82, 2.24) is 4.72 Å². The summed E-state index contributed by atoms with van der Waals surface area (Å²) in [6.45, 7) is 0.117. The number of halogens is 1. The van der Waals surface area contributed by atoms with Gasteiger partial charge < -0.3 is 0 Å². The predicted molar refractivity (Wildman–Crippen MR) is 97.9 cm³/mol. The molecule has 0 spiro atoms. The van der Waals surface area contributed by atoms with Gasteiger partial charge in [-0.3, -0.25) is 4.79 Å². The Labute approximate surface area is 153 Å². The van der Waals surface area contributed by atoms with Crippen molar-refractivity contribution in [2.24, 2.45) is 0 Å². The lowest BCUT2D eigenvalue weighted by Crippen LogP contribution is -2.24. The molecule has 0 atom stereocenters. The number of carbonyl (C=O) groups excluding carboxylic acids is 1. The van der Waals surface area contributed by atoms with Gasteiger partial charge in [-0.25, -0.2) is 17.5 Å². The number of carbonyl (C=O) groups is 1.